The van der Waals surface area contributed by atoms with Crippen molar-refractivity contribution in [3.05, 3.63) is 58.7 Å². The van der Waals surface area contributed by atoms with E-state index in [4.69, 9.17) is 15.9 Å². The molecule has 1 heterocycles. The van der Waals surface area contributed by atoms with Crippen LogP contribution in [-0.4, -0.2) is 29.4 Å². The second-order valence-corrected chi connectivity index (χ2v) is 7.19. The summed E-state index contributed by atoms with van der Waals surface area (Å²) >= 11 is 3.39. The Morgan fingerprint density at radius 2 is 2.00 bits per heavy atom. The van der Waals surface area contributed by atoms with Gasteiger partial charge in [0.25, 0.3) is 0 Å². The van der Waals surface area contributed by atoms with E-state index in [0.717, 1.165) is 21.2 Å². The Labute approximate surface area is 178 Å². The highest BCUT2D eigenvalue weighted by atomic mass is 79.9. The molecular formula is C22H20BrN3O3. The average molecular weight is 454 g/mol. The van der Waals surface area contributed by atoms with E-state index in [-0.39, 0.29) is 18.9 Å². The fourth-order valence-corrected chi connectivity index (χ4v) is 3.09. The first kappa shape index (κ1) is 20.5. The minimum Gasteiger partial charge on any atom is -0.493 e. The van der Waals surface area contributed by atoms with Gasteiger partial charge in [0.1, 0.15) is 6.61 Å². The SMILES string of the molecule is C#CCOc1ccc(-c2cn(C)nc2NC(=O)Cc2ccc(Br)cc2)cc1OC. The molecule has 0 atom stereocenters. The van der Waals surface area contributed by atoms with Gasteiger partial charge in [0.05, 0.1) is 13.5 Å². The molecule has 0 radical (unpaired) electrons. The van der Waals surface area contributed by atoms with Crippen LogP contribution in [0, 0.1) is 12.3 Å². The molecule has 3 rings (SSSR count). The number of nitrogens with zero attached hydrogens (tertiary/aromatic N) is 2. The molecule has 29 heavy (non-hydrogen) atoms. The molecule has 0 unspecified atom stereocenters. The molecule has 148 valence electrons. The molecule has 0 bridgehead atoms. The predicted octanol–water partition coefficient (Wildman–Crippen LogP) is 4.05. The Morgan fingerprint density at radius 1 is 1.24 bits per heavy atom. The van der Waals surface area contributed by atoms with Crippen LogP contribution in [0.4, 0.5) is 5.82 Å². The summed E-state index contributed by atoms with van der Waals surface area (Å²) in [6.07, 6.45) is 7.35. The summed E-state index contributed by atoms with van der Waals surface area (Å²) in [5.41, 5.74) is 2.53. The van der Waals surface area contributed by atoms with Crippen LogP contribution in [0.2, 0.25) is 0 Å². The lowest BCUT2D eigenvalue weighted by atomic mass is 10.1. The minimum atomic E-state index is -0.145. The normalized spacial score (nSPS) is 10.3. The third kappa shape index (κ3) is 5.18. The summed E-state index contributed by atoms with van der Waals surface area (Å²) in [6, 6.07) is 13.1. The summed E-state index contributed by atoms with van der Waals surface area (Å²) in [6.45, 7) is 0.153. The van der Waals surface area contributed by atoms with Crippen molar-refractivity contribution in [3.8, 4) is 35.0 Å². The highest BCUT2D eigenvalue weighted by molar-refractivity contribution is 9.10. The van der Waals surface area contributed by atoms with E-state index in [1.807, 2.05) is 42.6 Å². The smallest absolute Gasteiger partial charge is 0.230 e. The maximum atomic E-state index is 12.5. The molecule has 0 aliphatic carbocycles. The number of nitrogens with one attached hydrogen (secondary N) is 1. The van der Waals surface area contributed by atoms with Gasteiger partial charge in [0.15, 0.2) is 17.3 Å². The molecule has 3 aromatic rings. The van der Waals surface area contributed by atoms with Gasteiger partial charge in [-0.25, -0.2) is 0 Å². The maximum Gasteiger partial charge on any atom is 0.230 e. The van der Waals surface area contributed by atoms with Gasteiger partial charge < -0.3 is 14.8 Å². The van der Waals surface area contributed by atoms with Crippen molar-refractivity contribution in [2.45, 2.75) is 6.42 Å². The molecule has 6 nitrogen and oxygen atoms in total. The lowest BCUT2D eigenvalue weighted by Crippen LogP contribution is -2.15. The molecule has 0 aliphatic heterocycles. The zero-order valence-electron chi connectivity index (χ0n) is 16.1. The molecule has 1 N–H and O–H groups in total. The Kier molecular flexibility index (Phi) is 6.57. The number of rotatable bonds is 7. The number of ether oxygens (including phenoxy) is 2. The van der Waals surface area contributed by atoms with Gasteiger partial charge in [-0.05, 0) is 35.4 Å². The van der Waals surface area contributed by atoms with Gasteiger partial charge in [-0.2, -0.15) is 5.10 Å². The first-order chi connectivity index (χ1) is 14.0. The van der Waals surface area contributed by atoms with Crippen LogP contribution in [0.3, 0.4) is 0 Å². The Balaban J connectivity index is 1.82. The van der Waals surface area contributed by atoms with Crippen LogP contribution in [-0.2, 0) is 18.3 Å². The number of hydrogen-bond donors (Lipinski definition) is 1. The zero-order chi connectivity index (χ0) is 20.8. The highest BCUT2D eigenvalue weighted by Crippen LogP contribution is 2.35. The van der Waals surface area contributed by atoms with Crippen molar-refractivity contribution in [1.29, 1.82) is 0 Å². The van der Waals surface area contributed by atoms with Crippen molar-refractivity contribution >= 4 is 27.7 Å². The van der Waals surface area contributed by atoms with E-state index in [1.54, 1.807) is 24.9 Å². The van der Waals surface area contributed by atoms with Gasteiger partial charge in [-0.15, -0.1) is 6.42 Å². The van der Waals surface area contributed by atoms with Crippen molar-refractivity contribution in [1.82, 2.24) is 9.78 Å². The largest absolute Gasteiger partial charge is 0.493 e. The minimum absolute atomic E-state index is 0.145. The predicted molar refractivity (Wildman–Crippen MR) is 116 cm³/mol. The number of amides is 1. The van der Waals surface area contributed by atoms with Crippen LogP contribution in [0.1, 0.15) is 5.56 Å². The van der Waals surface area contributed by atoms with Crippen molar-refractivity contribution < 1.29 is 14.3 Å². The summed E-state index contributed by atoms with van der Waals surface area (Å²) in [4.78, 5) is 12.5. The second kappa shape index (κ2) is 9.30. The first-order valence-corrected chi connectivity index (χ1v) is 9.62. The number of aromatic nitrogens is 2. The van der Waals surface area contributed by atoms with Crippen molar-refractivity contribution in [2.75, 3.05) is 19.0 Å². The van der Waals surface area contributed by atoms with E-state index < -0.39 is 0 Å². The quantitative estimate of drug-likeness (QED) is 0.548. The number of aryl methyl sites for hydroxylation is 1. The zero-order valence-corrected chi connectivity index (χ0v) is 17.7. The molecule has 0 spiro atoms. The molecule has 7 heteroatoms. The van der Waals surface area contributed by atoms with E-state index in [0.29, 0.717) is 17.3 Å². The fourth-order valence-electron chi connectivity index (χ4n) is 2.83. The number of methoxy groups -OCH3 is 1. The molecule has 0 saturated heterocycles. The number of hydrogen-bond acceptors (Lipinski definition) is 4. The first-order valence-electron chi connectivity index (χ1n) is 8.82. The summed E-state index contributed by atoms with van der Waals surface area (Å²) in [7, 11) is 3.36. The number of carbonyl (C=O) groups is 1. The number of terminal acetylenes is 1. The van der Waals surface area contributed by atoms with Crippen molar-refractivity contribution in [2.24, 2.45) is 7.05 Å². The van der Waals surface area contributed by atoms with Crippen molar-refractivity contribution in [3.63, 3.8) is 0 Å². The summed E-state index contributed by atoms with van der Waals surface area (Å²) in [5.74, 6) is 3.87. The standard InChI is InChI=1S/C22H20BrN3O3/c1-4-11-29-19-10-7-16(13-20(19)28-3)18-14-26(2)25-22(18)24-21(27)12-15-5-8-17(23)9-6-15/h1,5-10,13-14H,11-12H2,2-3H3,(H,24,25,27). The van der Waals surface area contributed by atoms with E-state index in [1.165, 1.54) is 0 Å². The van der Waals surface area contributed by atoms with E-state index in [2.05, 4.69) is 32.3 Å². The van der Waals surface area contributed by atoms with E-state index in [9.17, 15) is 4.79 Å². The van der Waals surface area contributed by atoms with Crippen LogP contribution < -0.4 is 14.8 Å². The average Bonchev–Trinajstić information content (AvgIpc) is 3.07. The Bertz CT molecular complexity index is 1050. The summed E-state index contributed by atoms with van der Waals surface area (Å²) in [5, 5.41) is 7.29. The highest BCUT2D eigenvalue weighted by Gasteiger charge is 2.15. The maximum absolute atomic E-state index is 12.5. The van der Waals surface area contributed by atoms with Gasteiger partial charge >= 0.3 is 0 Å². The van der Waals surface area contributed by atoms with Crippen LogP contribution in [0.5, 0.6) is 11.5 Å². The van der Waals surface area contributed by atoms with Gasteiger partial charge in [0, 0.05) is 23.3 Å². The van der Waals surface area contributed by atoms with Gasteiger partial charge in [0.2, 0.25) is 5.91 Å². The molecule has 1 aromatic heterocycles. The summed E-state index contributed by atoms with van der Waals surface area (Å²) < 4.78 is 13.5. The fraction of sp³-hybridized carbons (Fsp3) is 0.182. The monoisotopic (exact) mass is 453 g/mol. The Hall–Kier alpha value is -3.24. The number of benzene rings is 2. The second-order valence-electron chi connectivity index (χ2n) is 6.27. The molecule has 0 aliphatic rings. The Morgan fingerprint density at radius 3 is 2.69 bits per heavy atom. The molecule has 0 saturated carbocycles. The third-order valence-corrected chi connectivity index (χ3v) is 4.68. The van der Waals surface area contributed by atoms with Crippen LogP contribution in [0.25, 0.3) is 11.1 Å². The number of halogens is 1. The van der Waals surface area contributed by atoms with Gasteiger partial charge in [-0.3, -0.25) is 9.48 Å². The van der Waals surface area contributed by atoms with Gasteiger partial charge in [-0.1, -0.05) is 40.0 Å². The number of anilines is 1. The molecular weight excluding hydrogens is 434 g/mol. The van der Waals surface area contributed by atoms with E-state index >= 15 is 0 Å². The molecule has 0 fully saturated rings. The van der Waals surface area contributed by atoms with Crippen LogP contribution in [0.15, 0.2) is 53.1 Å². The topological polar surface area (TPSA) is 65.4 Å². The third-order valence-electron chi connectivity index (χ3n) is 4.15. The lowest BCUT2D eigenvalue weighted by Gasteiger charge is -2.11. The number of carbonyl (C=O) groups excluding carboxylic acids is 1. The lowest BCUT2D eigenvalue weighted by molar-refractivity contribution is -0.115. The van der Waals surface area contributed by atoms with Crippen LogP contribution >= 0.6 is 15.9 Å². The molecule has 1 amide bonds. The molecule has 2 aromatic carbocycles.